The Balaban J connectivity index is 1.75. The summed E-state index contributed by atoms with van der Waals surface area (Å²) in [7, 11) is 1.60. The highest BCUT2D eigenvalue weighted by molar-refractivity contribution is 5.97. The third-order valence-electron chi connectivity index (χ3n) is 4.36. The van der Waals surface area contributed by atoms with Gasteiger partial charge >= 0.3 is 0 Å². The fourth-order valence-electron chi connectivity index (χ4n) is 3.22. The van der Waals surface area contributed by atoms with Gasteiger partial charge in [-0.1, -0.05) is 11.6 Å². The number of methoxy groups -OCH3 is 1. The number of rotatable bonds is 3. The van der Waals surface area contributed by atoms with E-state index in [1.54, 1.807) is 7.11 Å². The van der Waals surface area contributed by atoms with Gasteiger partial charge in [0.1, 0.15) is 5.75 Å². The average Bonchev–Trinajstić information content (AvgIpc) is 3.09. The van der Waals surface area contributed by atoms with Gasteiger partial charge in [0.05, 0.1) is 25.9 Å². The molecule has 0 spiro atoms. The van der Waals surface area contributed by atoms with Crippen LogP contribution in [0.25, 0.3) is 0 Å². The molecule has 1 aromatic rings. The first-order chi connectivity index (χ1) is 10.7. The number of carbonyl (C=O) groups is 1. The number of benzene rings is 1. The Hall–Kier alpha value is -1.59. The molecule has 0 radical (unpaired) electrons. The molecule has 1 aromatic carbocycles. The van der Waals surface area contributed by atoms with Crippen LogP contribution in [0.1, 0.15) is 28.8 Å². The summed E-state index contributed by atoms with van der Waals surface area (Å²) in [5, 5.41) is 0. The van der Waals surface area contributed by atoms with Crippen LogP contribution in [-0.4, -0.2) is 50.5 Å². The SMILES string of the molecule is COc1ccc(C)cc1C(=O)N1CCCC(C2OCCO2)C1. The Kier molecular flexibility index (Phi) is 4.64. The largest absolute Gasteiger partial charge is 0.496 e. The molecule has 1 atom stereocenters. The quantitative estimate of drug-likeness (QED) is 0.859. The Morgan fingerprint density at radius 1 is 1.32 bits per heavy atom. The maximum atomic E-state index is 12.9. The second-order valence-corrected chi connectivity index (χ2v) is 5.97. The number of likely N-dealkylation sites (tertiary alicyclic amines) is 1. The lowest BCUT2D eigenvalue weighted by atomic mass is 9.96. The lowest BCUT2D eigenvalue weighted by molar-refractivity contribution is -0.0969. The van der Waals surface area contributed by atoms with Crippen molar-refractivity contribution in [1.82, 2.24) is 4.90 Å². The zero-order chi connectivity index (χ0) is 15.5. The second-order valence-electron chi connectivity index (χ2n) is 5.97. The van der Waals surface area contributed by atoms with Crippen LogP contribution in [0.15, 0.2) is 18.2 Å². The van der Waals surface area contributed by atoms with Crippen LogP contribution >= 0.6 is 0 Å². The van der Waals surface area contributed by atoms with Crippen LogP contribution < -0.4 is 4.74 Å². The van der Waals surface area contributed by atoms with Crippen LogP contribution in [0.4, 0.5) is 0 Å². The van der Waals surface area contributed by atoms with Gasteiger partial charge in [-0.25, -0.2) is 0 Å². The number of nitrogens with zero attached hydrogens (tertiary/aromatic N) is 1. The fourth-order valence-corrected chi connectivity index (χ4v) is 3.22. The molecule has 2 aliphatic heterocycles. The van der Waals surface area contributed by atoms with Gasteiger partial charge in [0, 0.05) is 19.0 Å². The summed E-state index contributed by atoms with van der Waals surface area (Å²) >= 11 is 0. The molecule has 1 unspecified atom stereocenters. The molecule has 5 nitrogen and oxygen atoms in total. The predicted molar refractivity (Wildman–Crippen MR) is 82.1 cm³/mol. The average molecular weight is 305 g/mol. The molecule has 0 N–H and O–H groups in total. The summed E-state index contributed by atoms with van der Waals surface area (Å²) in [6, 6.07) is 5.70. The molecule has 2 heterocycles. The topological polar surface area (TPSA) is 48.0 Å². The summed E-state index contributed by atoms with van der Waals surface area (Å²) < 4.78 is 16.6. The van der Waals surface area contributed by atoms with E-state index < -0.39 is 0 Å². The predicted octanol–water partition coefficient (Wildman–Crippen LogP) is 2.23. The van der Waals surface area contributed by atoms with Crippen LogP contribution in [0, 0.1) is 12.8 Å². The first kappa shape index (κ1) is 15.3. The van der Waals surface area contributed by atoms with E-state index in [2.05, 4.69) is 0 Å². The van der Waals surface area contributed by atoms with E-state index in [4.69, 9.17) is 14.2 Å². The smallest absolute Gasteiger partial charge is 0.257 e. The molecule has 0 aromatic heterocycles. The zero-order valence-electron chi connectivity index (χ0n) is 13.2. The molecule has 0 bridgehead atoms. The third kappa shape index (κ3) is 3.10. The maximum absolute atomic E-state index is 12.9. The minimum atomic E-state index is -0.157. The number of hydrogen-bond donors (Lipinski definition) is 0. The number of piperidine rings is 1. The van der Waals surface area contributed by atoms with E-state index in [1.165, 1.54) is 0 Å². The highest BCUT2D eigenvalue weighted by atomic mass is 16.7. The highest BCUT2D eigenvalue weighted by Gasteiger charge is 2.33. The Morgan fingerprint density at radius 3 is 2.82 bits per heavy atom. The number of ether oxygens (including phenoxy) is 3. The van der Waals surface area contributed by atoms with Gasteiger partial charge in [-0.2, -0.15) is 0 Å². The fraction of sp³-hybridized carbons (Fsp3) is 0.588. The Labute approximate surface area is 131 Å². The van der Waals surface area contributed by atoms with Gasteiger partial charge in [-0.3, -0.25) is 4.79 Å². The molecule has 3 rings (SSSR count). The minimum absolute atomic E-state index is 0.0308. The number of carbonyl (C=O) groups excluding carboxylic acids is 1. The summed E-state index contributed by atoms with van der Waals surface area (Å²) in [5.41, 5.74) is 1.69. The normalized spacial score (nSPS) is 22.8. The first-order valence-corrected chi connectivity index (χ1v) is 7.86. The second kappa shape index (κ2) is 6.67. The summed E-state index contributed by atoms with van der Waals surface area (Å²) in [4.78, 5) is 14.8. The van der Waals surface area contributed by atoms with E-state index in [9.17, 15) is 4.79 Å². The third-order valence-corrected chi connectivity index (χ3v) is 4.36. The van der Waals surface area contributed by atoms with Crippen molar-refractivity contribution in [2.75, 3.05) is 33.4 Å². The van der Waals surface area contributed by atoms with Crippen LogP contribution in [-0.2, 0) is 9.47 Å². The van der Waals surface area contributed by atoms with Gasteiger partial charge < -0.3 is 19.1 Å². The Bertz CT molecular complexity index is 539. The molecular weight excluding hydrogens is 282 g/mol. The van der Waals surface area contributed by atoms with Crippen molar-refractivity contribution in [1.29, 1.82) is 0 Å². The van der Waals surface area contributed by atoms with Crippen molar-refractivity contribution < 1.29 is 19.0 Å². The molecule has 22 heavy (non-hydrogen) atoms. The van der Waals surface area contributed by atoms with Gasteiger partial charge in [0.25, 0.3) is 5.91 Å². The number of amides is 1. The van der Waals surface area contributed by atoms with Crippen molar-refractivity contribution in [3.05, 3.63) is 29.3 Å². The van der Waals surface area contributed by atoms with Crippen LogP contribution in [0.3, 0.4) is 0 Å². The van der Waals surface area contributed by atoms with Crippen molar-refractivity contribution in [2.24, 2.45) is 5.92 Å². The first-order valence-electron chi connectivity index (χ1n) is 7.86. The molecule has 5 heteroatoms. The van der Waals surface area contributed by atoms with E-state index in [-0.39, 0.29) is 18.1 Å². The van der Waals surface area contributed by atoms with Crippen molar-refractivity contribution in [3.63, 3.8) is 0 Å². The molecule has 2 fully saturated rings. The van der Waals surface area contributed by atoms with Gasteiger partial charge in [0.15, 0.2) is 6.29 Å². The molecule has 2 aliphatic rings. The molecule has 2 saturated heterocycles. The zero-order valence-corrected chi connectivity index (χ0v) is 13.2. The molecule has 1 amide bonds. The van der Waals surface area contributed by atoms with Gasteiger partial charge in [-0.15, -0.1) is 0 Å². The van der Waals surface area contributed by atoms with E-state index in [1.807, 2.05) is 30.0 Å². The van der Waals surface area contributed by atoms with Crippen molar-refractivity contribution in [2.45, 2.75) is 26.1 Å². The molecule has 0 saturated carbocycles. The highest BCUT2D eigenvalue weighted by Crippen LogP contribution is 2.28. The molecular formula is C17H23NO4. The maximum Gasteiger partial charge on any atom is 0.257 e. The van der Waals surface area contributed by atoms with Gasteiger partial charge in [0.2, 0.25) is 0 Å². The summed E-state index contributed by atoms with van der Waals surface area (Å²) in [5.74, 6) is 0.922. The van der Waals surface area contributed by atoms with Crippen molar-refractivity contribution >= 4 is 5.91 Å². The van der Waals surface area contributed by atoms with Crippen LogP contribution in [0.5, 0.6) is 5.75 Å². The van der Waals surface area contributed by atoms with Gasteiger partial charge in [-0.05, 0) is 31.9 Å². The number of hydrogen-bond acceptors (Lipinski definition) is 4. The minimum Gasteiger partial charge on any atom is -0.496 e. The lowest BCUT2D eigenvalue weighted by Crippen LogP contribution is -2.44. The van der Waals surface area contributed by atoms with E-state index in [0.29, 0.717) is 31.1 Å². The summed E-state index contributed by atoms with van der Waals surface area (Å²) in [6.45, 7) is 4.75. The van der Waals surface area contributed by atoms with Crippen LogP contribution in [0.2, 0.25) is 0 Å². The monoisotopic (exact) mass is 305 g/mol. The molecule has 120 valence electrons. The lowest BCUT2D eigenvalue weighted by Gasteiger charge is -2.35. The van der Waals surface area contributed by atoms with E-state index >= 15 is 0 Å². The standard InChI is InChI=1S/C17H23NO4/c1-12-5-6-15(20-2)14(10-12)16(19)18-7-3-4-13(11-18)17-21-8-9-22-17/h5-6,10,13,17H,3-4,7-9,11H2,1-2H3. The van der Waals surface area contributed by atoms with E-state index in [0.717, 1.165) is 24.9 Å². The molecule has 0 aliphatic carbocycles. The Morgan fingerprint density at radius 2 is 2.09 bits per heavy atom. The van der Waals surface area contributed by atoms with Crippen molar-refractivity contribution in [3.8, 4) is 5.75 Å². The summed E-state index contributed by atoms with van der Waals surface area (Å²) in [6.07, 6.45) is 1.86. The number of aryl methyl sites for hydroxylation is 1.